The van der Waals surface area contributed by atoms with E-state index in [1.165, 1.54) is 0 Å². The molecule has 0 aromatic rings. The monoisotopic (exact) mass is 579 g/mol. The van der Waals surface area contributed by atoms with Gasteiger partial charge in [0.1, 0.15) is 48.8 Å². The lowest BCUT2D eigenvalue weighted by Crippen LogP contribution is -2.64. The Morgan fingerprint density at radius 2 is 1.62 bits per heavy atom. The molecule has 1 saturated carbocycles. The number of ether oxygens (including phenoxy) is 5. The zero-order chi connectivity index (χ0) is 29.0. The van der Waals surface area contributed by atoms with E-state index in [2.05, 4.69) is 15.6 Å². The van der Waals surface area contributed by atoms with Gasteiger partial charge in [0, 0.05) is 38.3 Å². The number of guanidine groups is 1. The third-order valence-corrected chi connectivity index (χ3v) is 7.70. The molecule has 14 atom stereocenters. The van der Waals surface area contributed by atoms with E-state index in [1.807, 2.05) is 0 Å². The van der Waals surface area contributed by atoms with Crippen LogP contribution in [0.4, 0.5) is 0 Å². The molecule has 1 aliphatic carbocycles. The summed E-state index contributed by atoms with van der Waals surface area (Å²) in [6.45, 7) is 1.52. The molecule has 17 nitrogen and oxygen atoms in total. The molecule has 0 aromatic heterocycles. The van der Waals surface area contributed by atoms with Gasteiger partial charge in [0.05, 0.1) is 25.4 Å². The SMILES string of the molecule is NC[C@@H]1O[C@H](O[C@H]2[C@@H](O)[C@H](O[C@@H]3[C@@H](O)[C@H](N)C[C@H](N)[C@H]3OCCNC3=NCCCN3)O[C@@H]2CO)[C@H](N)[C@@H](O)[C@@H]1O. The van der Waals surface area contributed by atoms with Crippen molar-refractivity contribution in [1.82, 2.24) is 10.6 Å². The second kappa shape index (κ2) is 14.3. The predicted octanol–water partition coefficient (Wildman–Crippen LogP) is -6.69. The molecule has 0 aromatic carbocycles. The highest BCUT2D eigenvalue weighted by Gasteiger charge is 2.53. The molecule has 0 spiro atoms. The van der Waals surface area contributed by atoms with Crippen molar-refractivity contribution in [3.05, 3.63) is 0 Å². The van der Waals surface area contributed by atoms with Gasteiger partial charge in [-0.25, -0.2) is 0 Å². The van der Waals surface area contributed by atoms with Gasteiger partial charge in [0.25, 0.3) is 0 Å². The summed E-state index contributed by atoms with van der Waals surface area (Å²) in [5, 5.41) is 58.5. The van der Waals surface area contributed by atoms with Crippen LogP contribution in [0.3, 0.4) is 0 Å². The van der Waals surface area contributed by atoms with Crippen molar-refractivity contribution >= 4 is 5.96 Å². The smallest absolute Gasteiger partial charge is 0.191 e. The minimum atomic E-state index is -1.48. The van der Waals surface area contributed by atoms with Gasteiger partial charge in [-0.05, 0) is 12.8 Å². The molecule has 3 fully saturated rings. The Hall–Kier alpha value is -1.29. The van der Waals surface area contributed by atoms with Gasteiger partial charge < -0.3 is 82.8 Å². The van der Waals surface area contributed by atoms with Gasteiger partial charge in [-0.1, -0.05) is 0 Å². The number of hydrogen-bond acceptors (Lipinski definition) is 17. The first-order valence-electron chi connectivity index (χ1n) is 13.7. The quantitative estimate of drug-likeness (QED) is 0.107. The second-order valence-corrected chi connectivity index (χ2v) is 10.6. The fourth-order valence-corrected chi connectivity index (χ4v) is 5.37. The van der Waals surface area contributed by atoms with Crippen LogP contribution in [0.15, 0.2) is 4.99 Å². The summed E-state index contributed by atoms with van der Waals surface area (Å²) in [6, 6.07) is -2.48. The molecule has 15 N–H and O–H groups in total. The summed E-state index contributed by atoms with van der Waals surface area (Å²) in [5.41, 5.74) is 24.0. The van der Waals surface area contributed by atoms with Gasteiger partial charge in [-0.3, -0.25) is 4.99 Å². The molecule has 0 amide bonds. The summed E-state index contributed by atoms with van der Waals surface area (Å²) >= 11 is 0. The van der Waals surface area contributed by atoms with Crippen LogP contribution >= 0.6 is 0 Å². The van der Waals surface area contributed by atoms with E-state index in [0.717, 1.165) is 19.5 Å². The molecular formula is C23H45N7O10. The lowest BCUT2D eigenvalue weighted by molar-refractivity contribution is -0.280. The summed E-state index contributed by atoms with van der Waals surface area (Å²) < 4.78 is 29.1. The van der Waals surface area contributed by atoms with Crippen molar-refractivity contribution in [2.24, 2.45) is 27.9 Å². The number of nitrogens with zero attached hydrogens (tertiary/aromatic N) is 1. The summed E-state index contributed by atoms with van der Waals surface area (Å²) in [5.74, 6) is 0.683. The molecule has 3 heterocycles. The first-order chi connectivity index (χ1) is 19.2. The van der Waals surface area contributed by atoms with Crippen molar-refractivity contribution in [3.63, 3.8) is 0 Å². The Morgan fingerprint density at radius 3 is 2.30 bits per heavy atom. The highest BCUT2D eigenvalue weighted by atomic mass is 16.8. The zero-order valence-electron chi connectivity index (χ0n) is 22.3. The maximum Gasteiger partial charge on any atom is 0.191 e. The highest BCUT2D eigenvalue weighted by Crippen LogP contribution is 2.32. The van der Waals surface area contributed by atoms with Crippen LogP contribution in [-0.2, 0) is 23.7 Å². The van der Waals surface area contributed by atoms with E-state index >= 15 is 0 Å². The van der Waals surface area contributed by atoms with Crippen LogP contribution in [0.25, 0.3) is 0 Å². The van der Waals surface area contributed by atoms with Crippen molar-refractivity contribution in [3.8, 4) is 0 Å². The van der Waals surface area contributed by atoms with Gasteiger partial charge in [0.2, 0.25) is 0 Å². The Bertz CT molecular complexity index is 831. The van der Waals surface area contributed by atoms with Crippen LogP contribution in [0, 0.1) is 0 Å². The molecule has 17 heteroatoms. The van der Waals surface area contributed by atoms with E-state index in [9.17, 15) is 25.5 Å². The molecular weight excluding hydrogens is 534 g/mol. The van der Waals surface area contributed by atoms with Crippen molar-refractivity contribution in [1.29, 1.82) is 0 Å². The molecule has 4 rings (SSSR count). The topological polar surface area (TPSA) is 288 Å². The second-order valence-electron chi connectivity index (χ2n) is 10.6. The number of aliphatic imine (C=N–C) groups is 1. The van der Waals surface area contributed by atoms with Crippen LogP contribution in [0.1, 0.15) is 12.8 Å². The molecule has 232 valence electrons. The van der Waals surface area contributed by atoms with Gasteiger partial charge in [-0.15, -0.1) is 0 Å². The van der Waals surface area contributed by atoms with Crippen molar-refractivity contribution in [2.45, 2.75) is 98.5 Å². The van der Waals surface area contributed by atoms with E-state index in [4.69, 9.17) is 46.6 Å². The number of aliphatic hydroxyl groups excluding tert-OH is 5. The molecule has 0 radical (unpaired) electrons. The highest BCUT2D eigenvalue weighted by molar-refractivity contribution is 5.80. The number of nitrogens with two attached hydrogens (primary N) is 4. The fraction of sp³-hybridized carbons (Fsp3) is 0.957. The Labute approximate surface area is 232 Å². The summed E-state index contributed by atoms with van der Waals surface area (Å²) in [4.78, 5) is 4.34. The molecule has 0 unspecified atom stereocenters. The predicted molar refractivity (Wildman–Crippen MR) is 138 cm³/mol. The molecule has 4 aliphatic rings. The lowest BCUT2D eigenvalue weighted by Gasteiger charge is -2.43. The standard InChI is InChI=1S/C23H45N7O10/c24-7-11-15(33)16(34)13(27)21(37-11)39-19-12(8-31)38-22(17(19)35)40-20-14(32)9(25)6-10(26)18(20)36-5-4-30-23-28-2-1-3-29-23/h9-22,31-35H,1-8,24-27H2,(H2,28,29,30)/t9-,10+,11+,12-,13-,14+,15-,16-,17-,18-,19-,20-,21-,22+/m1/s1. The van der Waals surface area contributed by atoms with Crippen LogP contribution in [0.2, 0.25) is 0 Å². The Morgan fingerprint density at radius 1 is 0.900 bits per heavy atom. The van der Waals surface area contributed by atoms with Gasteiger partial charge >= 0.3 is 0 Å². The van der Waals surface area contributed by atoms with Crippen LogP contribution in [0.5, 0.6) is 0 Å². The van der Waals surface area contributed by atoms with Crippen molar-refractivity contribution in [2.75, 3.05) is 39.4 Å². The van der Waals surface area contributed by atoms with E-state index < -0.39 is 92.2 Å². The minimum Gasteiger partial charge on any atom is -0.394 e. The Kier molecular flexibility index (Phi) is 11.3. The first kappa shape index (κ1) is 31.6. The summed E-state index contributed by atoms with van der Waals surface area (Å²) in [7, 11) is 0. The first-order valence-corrected chi connectivity index (χ1v) is 13.7. The zero-order valence-corrected chi connectivity index (χ0v) is 22.3. The van der Waals surface area contributed by atoms with Gasteiger partial charge in [0.15, 0.2) is 18.5 Å². The van der Waals surface area contributed by atoms with Crippen LogP contribution in [-0.4, -0.2) is 157 Å². The number of aliphatic hydroxyl groups is 5. The average molecular weight is 580 g/mol. The largest absolute Gasteiger partial charge is 0.394 e. The average Bonchev–Trinajstić information content (AvgIpc) is 3.25. The maximum atomic E-state index is 11.1. The van der Waals surface area contributed by atoms with E-state index in [1.54, 1.807) is 0 Å². The Balaban J connectivity index is 1.39. The third-order valence-electron chi connectivity index (χ3n) is 7.70. The number of rotatable bonds is 10. The van der Waals surface area contributed by atoms with Gasteiger partial charge in [-0.2, -0.15) is 0 Å². The normalized spacial score (nSPS) is 46.1. The molecule has 40 heavy (non-hydrogen) atoms. The number of nitrogens with one attached hydrogen (secondary N) is 2. The third kappa shape index (κ3) is 7.01. The lowest BCUT2D eigenvalue weighted by atomic mass is 9.84. The van der Waals surface area contributed by atoms with E-state index in [0.29, 0.717) is 12.5 Å². The molecule has 3 aliphatic heterocycles. The maximum absolute atomic E-state index is 11.1. The summed E-state index contributed by atoms with van der Waals surface area (Å²) in [6.07, 6.45) is -11.9. The van der Waals surface area contributed by atoms with Crippen LogP contribution < -0.4 is 33.6 Å². The molecule has 2 saturated heterocycles. The minimum absolute atomic E-state index is 0.120. The van der Waals surface area contributed by atoms with E-state index in [-0.39, 0.29) is 19.6 Å². The number of hydrogen-bond donors (Lipinski definition) is 11. The molecule has 0 bridgehead atoms. The van der Waals surface area contributed by atoms with Crippen molar-refractivity contribution < 1.29 is 49.2 Å². The fourth-order valence-electron chi connectivity index (χ4n) is 5.37.